The quantitative estimate of drug-likeness (QED) is 0.332. The van der Waals surface area contributed by atoms with Gasteiger partial charge in [0.15, 0.2) is 4.80 Å². The number of carbonyl (C=O) groups is 1. The van der Waals surface area contributed by atoms with E-state index in [9.17, 15) is 9.59 Å². The predicted octanol–water partition coefficient (Wildman–Crippen LogP) is 4.42. The van der Waals surface area contributed by atoms with Crippen LogP contribution in [0.2, 0.25) is 0 Å². The van der Waals surface area contributed by atoms with Crippen LogP contribution in [0.3, 0.4) is 0 Å². The summed E-state index contributed by atoms with van der Waals surface area (Å²) in [5, 5.41) is 0. The van der Waals surface area contributed by atoms with Crippen molar-refractivity contribution in [3.63, 3.8) is 0 Å². The Morgan fingerprint density at radius 2 is 1.92 bits per heavy atom. The fourth-order valence-electron chi connectivity index (χ4n) is 4.60. The van der Waals surface area contributed by atoms with Crippen LogP contribution in [0.25, 0.3) is 6.08 Å². The second-order valence-corrected chi connectivity index (χ2v) is 11.0. The number of hydrogen-bond donors (Lipinski definition) is 0. The summed E-state index contributed by atoms with van der Waals surface area (Å²) in [5.41, 5.74) is 3.21. The molecule has 206 valence electrons. The fourth-order valence-corrected chi connectivity index (χ4v) is 6.37. The van der Waals surface area contributed by atoms with E-state index in [2.05, 4.69) is 15.9 Å². The lowest BCUT2D eigenvalue weighted by Gasteiger charge is -2.27. The summed E-state index contributed by atoms with van der Waals surface area (Å²) in [6.45, 7) is 3.98. The molecule has 10 heteroatoms. The number of anilines is 1. The van der Waals surface area contributed by atoms with Crippen LogP contribution in [0.5, 0.6) is 11.5 Å². The number of hydrogen-bond acceptors (Lipinski definition) is 8. The van der Waals surface area contributed by atoms with Crippen molar-refractivity contribution in [2.24, 2.45) is 4.99 Å². The minimum atomic E-state index is -0.795. The molecule has 0 amide bonds. The molecular weight excluding hydrogens is 582 g/mol. The molecule has 1 aliphatic rings. The molecule has 1 aromatic heterocycles. The molecule has 1 atom stereocenters. The van der Waals surface area contributed by atoms with Gasteiger partial charge in [0.1, 0.15) is 17.5 Å². The van der Waals surface area contributed by atoms with Crippen LogP contribution in [0, 0.1) is 0 Å². The Morgan fingerprint density at radius 3 is 2.54 bits per heavy atom. The number of benzene rings is 2. The van der Waals surface area contributed by atoms with Crippen LogP contribution in [0.15, 0.2) is 61.9 Å². The zero-order valence-electron chi connectivity index (χ0n) is 22.9. The smallest absolute Gasteiger partial charge is 0.338 e. The van der Waals surface area contributed by atoms with Gasteiger partial charge < -0.3 is 19.1 Å². The topological polar surface area (TPSA) is 82.4 Å². The highest BCUT2D eigenvalue weighted by atomic mass is 79.9. The van der Waals surface area contributed by atoms with Crippen molar-refractivity contribution in [1.82, 2.24) is 4.57 Å². The summed E-state index contributed by atoms with van der Waals surface area (Å²) in [4.78, 5) is 34.8. The Balaban J connectivity index is 2.02. The van der Waals surface area contributed by atoms with Crippen molar-refractivity contribution in [3.8, 4) is 11.5 Å². The van der Waals surface area contributed by atoms with E-state index >= 15 is 0 Å². The standard InChI is InChI=1S/C29H32BrN3O5S/c1-7-9-21-25(28(35)38-8-2)26(19-16-18(36-5)11-13-23(19)37-6)33-27(34)24(39-29(33)31-21)15-17-10-12-22(32(3)4)20(30)14-17/h10-16,26H,7-9H2,1-6H3/b24-15-/t26-/m0/s1. The molecule has 0 spiro atoms. The molecule has 2 aromatic carbocycles. The van der Waals surface area contributed by atoms with Gasteiger partial charge in [-0.2, -0.15) is 0 Å². The molecule has 0 saturated heterocycles. The summed E-state index contributed by atoms with van der Waals surface area (Å²) in [6.07, 6.45) is 3.17. The lowest BCUT2D eigenvalue weighted by molar-refractivity contribution is -0.139. The van der Waals surface area contributed by atoms with E-state index in [4.69, 9.17) is 19.2 Å². The van der Waals surface area contributed by atoms with Crippen LogP contribution >= 0.6 is 27.3 Å². The minimum absolute atomic E-state index is 0.200. The van der Waals surface area contributed by atoms with Gasteiger partial charge in [-0.15, -0.1) is 0 Å². The number of rotatable bonds is 9. The van der Waals surface area contributed by atoms with Crippen molar-refractivity contribution in [2.75, 3.05) is 39.8 Å². The average Bonchev–Trinajstić information content (AvgIpc) is 3.21. The second-order valence-electron chi connectivity index (χ2n) is 9.13. The van der Waals surface area contributed by atoms with Crippen LogP contribution in [-0.2, 0) is 9.53 Å². The third-order valence-electron chi connectivity index (χ3n) is 6.37. The van der Waals surface area contributed by atoms with Crippen molar-refractivity contribution in [2.45, 2.75) is 32.7 Å². The Labute approximate surface area is 240 Å². The van der Waals surface area contributed by atoms with E-state index in [1.165, 1.54) is 11.3 Å². The number of nitrogens with zero attached hydrogens (tertiary/aromatic N) is 3. The molecule has 2 heterocycles. The number of aromatic nitrogens is 1. The summed E-state index contributed by atoms with van der Waals surface area (Å²) in [7, 11) is 7.08. The van der Waals surface area contributed by atoms with Crippen molar-refractivity contribution in [1.29, 1.82) is 0 Å². The van der Waals surface area contributed by atoms with Crippen LogP contribution in [0.1, 0.15) is 43.9 Å². The molecular formula is C29H32BrN3O5S. The van der Waals surface area contributed by atoms with Gasteiger partial charge in [-0.05, 0) is 71.2 Å². The van der Waals surface area contributed by atoms with Gasteiger partial charge in [0.25, 0.3) is 5.56 Å². The molecule has 4 rings (SSSR count). The maximum atomic E-state index is 14.0. The Bertz CT molecular complexity index is 1610. The first kappa shape index (κ1) is 28.6. The second kappa shape index (κ2) is 12.2. The van der Waals surface area contributed by atoms with Gasteiger partial charge in [0, 0.05) is 24.1 Å². The minimum Gasteiger partial charge on any atom is -0.497 e. The number of halogens is 1. The van der Waals surface area contributed by atoms with E-state index in [1.807, 2.05) is 50.2 Å². The van der Waals surface area contributed by atoms with E-state index < -0.39 is 12.0 Å². The van der Waals surface area contributed by atoms with Gasteiger partial charge in [0.05, 0.1) is 42.3 Å². The normalized spacial score (nSPS) is 15.1. The molecule has 0 N–H and O–H groups in total. The van der Waals surface area contributed by atoms with E-state index in [0.29, 0.717) is 44.1 Å². The number of thiazole rings is 1. The largest absolute Gasteiger partial charge is 0.497 e. The molecule has 39 heavy (non-hydrogen) atoms. The number of esters is 1. The fraction of sp³-hybridized carbons (Fsp3) is 0.345. The number of ether oxygens (including phenoxy) is 3. The Kier molecular flexibility index (Phi) is 8.97. The molecule has 3 aromatic rings. The SMILES string of the molecule is CCCC1=C(C(=O)OCC)[C@H](c2cc(OC)ccc2OC)n2c(s/c(=C\c3ccc(N(C)C)c(Br)c3)c2=O)=N1. The van der Waals surface area contributed by atoms with Gasteiger partial charge in [-0.3, -0.25) is 9.36 Å². The van der Waals surface area contributed by atoms with Gasteiger partial charge in [-0.1, -0.05) is 30.7 Å². The third-order valence-corrected chi connectivity index (χ3v) is 7.99. The highest BCUT2D eigenvalue weighted by molar-refractivity contribution is 9.10. The Morgan fingerprint density at radius 1 is 1.15 bits per heavy atom. The van der Waals surface area contributed by atoms with Crippen molar-refractivity contribution < 1.29 is 19.0 Å². The average molecular weight is 615 g/mol. The highest BCUT2D eigenvalue weighted by Gasteiger charge is 2.36. The van der Waals surface area contributed by atoms with Gasteiger partial charge in [0.2, 0.25) is 0 Å². The lowest BCUT2D eigenvalue weighted by Crippen LogP contribution is -2.40. The predicted molar refractivity (Wildman–Crippen MR) is 158 cm³/mol. The van der Waals surface area contributed by atoms with Crippen molar-refractivity contribution in [3.05, 3.63) is 83.0 Å². The number of allylic oxidation sites excluding steroid dienone is 1. The first-order chi connectivity index (χ1) is 18.7. The van der Waals surface area contributed by atoms with Crippen molar-refractivity contribution >= 4 is 45.0 Å². The molecule has 0 bridgehead atoms. The number of methoxy groups -OCH3 is 2. The van der Waals surface area contributed by atoms with Crippen LogP contribution < -0.4 is 29.3 Å². The lowest BCUT2D eigenvalue weighted by atomic mass is 9.93. The highest BCUT2D eigenvalue weighted by Crippen LogP contribution is 2.38. The van der Waals surface area contributed by atoms with Gasteiger partial charge in [-0.25, -0.2) is 9.79 Å². The first-order valence-electron chi connectivity index (χ1n) is 12.6. The molecule has 0 radical (unpaired) electrons. The number of fused-ring (bicyclic) bond motifs is 1. The first-order valence-corrected chi connectivity index (χ1v) is 14.3. The number of carbonyl (C=O) groups excluding carboxylic acids is 1. The summed E-state index contributed by atoms with van der Waals surface area (Å²) in [6, 6.07) is 10.5. The van der Waals surface area contributed by atoms with E-state index in [0.717, 1.165) is 22.1 Å². The molecule has 8 nitrogen and oxygen atoms in total. The zero-order chi connectivity index (χ0) is 28.3. The third kappa shape index (κ3) is 5.67. The maximum Gasteiger partial charge on any atom is 0.338 e. The van der Waals surface area contributed by atoms with Gasteiger partial charge >= 0.3 is 5.97 Å². The molecule has 0 fully saturated rings. The zero-order valence-corrected chi connectivity index (χ0v) is 25.3. The molecule has 1 aliphatic heterocycles. The Hall–Kier alpha value is -3.37. The van der Waals surface area contributed by atoms with Crippen LogP contribution in [-0.4, -0.2) is 45.5 Å². The summed E-state index contributed by atoms with van der Waals surface area (Å²) < 4.78 is 19.7. The summed E-state index contributed by atoms with van der Waals surface area (Å²) in [5.74, 6) is 0.603. The maximum absolute atomic E-state index is 14.0. The van der Waals surface area contributed by atoms with E-state index in [1.54, 1.807) is 43.9 Å². The molecule has 0 unspecified atom stereocenters. The van der Waals surface area contributed by atoms with E-state index in [-0.39, 0.29) is 12.2 Å². The summed E-state index contributed by atoms with van der Waals surface area (Å²) >= 11 is 4.92. The van der Waals surface area contributed by atoms with Crippen LogP contribution in [0.4, 0.5) is 5.69 Å². The molecule has 0 saturated carbocycles. The monoisotopic (exact) mass is 613 g/mol. The molecule has 0 aliphatic carbocycles.